The fraction of sp³-hybridized carbons (Fsp3) is 0. The number of benzene rings is 1. The monoisotopic (exact) mass is 309 g/mol. The van der Waals surface area contributed by atoms with Crippen molar-refractivity contribution in [1.29, 1.82) is 0 Å². The fourth-order valence-electron chi connectivity index (χ4n) is 1.20. The Morgan fingerprint density at radius 2 is 1.88 bits per heavy atom. The van der Waals surface area contributed by atoms with Crippen LogP contribution in [0.1, 0.15) is 11.1 Å². The van der Waals surface area contributed by atoms with Gasteiger partial charge in [0.25, 0.3) is 0 Å². The van der Waals surface area contributed by atoms with E-state index in [0.29, 0.717) is 9.50 Å². The molecule has 84 valence electrons. The number of nitrogens with zero attached hydrogens (tertiary/aromatic N) is 1. The first-order valence-electron chi connectivity index (χ1n) is 4.73. The molecule has 4 heteroatoms. The molecule has 17 heavy (non-hydrogen) atoms. The summed E-state index contributed by atoms with van der Waals surface area (Å²) in [4.78, 5) is 3.92. The van der Waals surface area contributed by atoms with E-state index in [1.165, 1.54) is 6.07 Å². The van der Waals surface area contributed by atoms with Crippen LogP contribution >= 0.6 is 27.5 Å². The fourth-order valence-corrected chi connectivity index (χ4v) is 1.75. The van der Waals surface area contributed by atoms with Gasteiger partial charge in [0.1, 0.15) is 5.82 Å². The quantitative estimate of drug-likeness (QED) is 0.669. The summed E-state index contributed by atoms with van der Waals surface area (Å²) in [5.74, 6) is 5.51. The van der Waals surface area contributed by atoms with Gasteiger partial charge in [0, 0.05) is 23.5 Å². The standard InChI is InChI=1S/C13H6BrClFN/c14-12-6-9(3-4-13(12)16)1-2-10-5-11(15)8-17-7-10/h3-8H. The molecule has 0 amide bonds. The van der Waals surface area contributed by atoms with Gasteiger partial charge in [-0.15, -0.1) is 0 Å². The summed E-state index contributed by atoms with van der Waals surface area (Å²) in [6.45, 7) is 0. The maximum absolute atomic E-state index is 13.0. The molecule has 0 unspecified atom stereocenters. The summed E-state index contributed by atoms with van der Waals surface area (Å²) in [5.41, 5.74) is 1.44. The van der Waals surface area contributed by atoms with Crippen LogP contribution in [0.3, 0.4) is 0 Å². The molecular weight excluding hydrogens is 305 g/mol. The van der Waals surface area contributed by atoms with E-state index in [2.05, 4.69) is 32.8 Å². The van der Waals surface area contributed by atoms with Crippen molar-refractivity contribution < 1.29 is 4.39 Å². The molecule has 0 aliphatic heterocycles. The lowest BCUT2D eigenvalue weighted by Crippen LogP contribution is -1.81. The van der Waals surface area contributed by atoms with Gasteiger partial charge in [-0.1, -0.05) is 23.4 Å². The number of hydrogen-bond acceptors (Lipinski definition) is 1. The third-order valence-corrected chi connectivity index (χ3v) is 2.79. The Balaban J connectivity index is 2.30. The van der Waals surface area contributed by atoms with Crippen molar-refractivity contribution in [2.45, 2.75) is 0 Å². The molecular formula is C13H6BrClFN. The Hall–Kier alpha value is -1.37. The van der Waals surface area contributed by atoms with Crippen molar-refractivity contribution in [2.75, 3.05) is 0 Å². The molecule has 2 aromatic rings. The average molecular weight is 311 g/mol. The number of rotatable bonds is 0. The van der Waals surface area contributed by atoms with Gasteiger partial charge in [0.05, 0.1) is 9.50 Å². The molecule has 0 spiro atoms. The first-order valence-corrected chi connectivity index (χ1v) is 5.90. The minimum absolute atomic E-state index is 0.306. The Morgan fingerprint density at radius 3 is 2.59 bits per heavy atom. The lowest BCUT2D eigenvalue weighted by Gasteiger charge is -1.94. The van der Waals surface area contributed by atoms with Gasteiger partial charge < -0.3 is 0 Å². The smallest absolute Gasteiger partial charge is 0.137 e. The molecule has 0 atom stereocenters. The van der Waals surface area contributed by atoms with E-state index in [1.54, 1.807) is 30.6 Å². The van der Waals surface area contributed by atoms with Crippen LogP contribution in [0.5, 0.6) is 0 Å². The number of pyridine rings is 1. The van der Waals surface area contributed by atoms with Gasteiger partial charge in [-0.3, -0.25) is 4.98 Å². The van der Waals surface area contributed by atoms with Gasteiger partial charge in [-0.05, 0) is 40.2 Å². The molecule has 0 saturated carbocycles. The van der Waals surface area contributed by atoms with E-state index in [9.17, 15) is 4.39 Å². The lowest BCUT2D eigenvalue weighted by molar-refractivity contribution is 0.621. The first-order chi connectivity index (χ1) is 8.15. The highest BCUT2D eigenvalue weighted by molar-refractivity contribution is 9.10. The van der Waals surface area contributed by atoms with Gasteiger partial charge >= 0.3 is 0 Å². The number of hydrogen-bond donors (Lipinski definition) is 0. The van der Waals surface area contributed by atoms with Crippen LogP contribution in [-0.4, -0.2) is 4.98 Å². The largest absolute Gasteiger partial charge is 0.262 e. The van der Waals surface area contributed by atoms with Gasteiger partial charge in [0.15, 0.2) is 0 Å². The molecule has 1 aromatic heterocycles. The minimum Gasteiger partial charge on any atom is -0.262 e. The van der Waals surface area contributed by atoms with E-state index < -0.39 is 0 Å². The summed E-state index contributed by atoms with van der Waals surface area (Å²) in [5, 5.41) is 0.539. The predicted octanol–water partition coefficient (Wildman–Crippen LogP) is 4.04. The van der Waals surface area contributed by atoms with Crippen LogP contribution in [-0.2, 0) is 0 Å². The van der Waals surface area contributed by atoms with Crippen molar-refractivity contribution in [3.63, 3.8) is 0 Å². The Kier molecular flexibility index (Phi) is 3.78. The summed E-state index contributed by atoms with van der Waals surface area (Å²) < 4.78 is 13.4. The van der Waals surface area contributed by atoms with Crippen LogP contribution in [0.4, 0.5) is 4.39 Å². The zero-order chi connectivity index (χ0) is 12.3. The highest BCUT2D eigenvalue weighted by Gasteiger charge is 1.97. The lowest BCUT2D eigenvalue weighted by atomic mass is 10.2. The van der Waals surface area contributed by atoms with E-state index in [0.717, 1.165) is 11.1 Å². The van der Waals surface area contributed by atoms with E-state index in [1.807, 2.05) is 0 Å². The van der Waals surface area contributed by atoms with Crippen LogP contribution < -0.4 is 0 Å². The second-order valence-corrected chi connectivity index (χ2v) is 4.56. The SMILES string of the molecule is Fc1ccc(C#Cc2cncc(Cl)c2)cc1Br. The Bertz CT molecular complexity index is 616. The molecule has 0 N–H and O–H groups in total. The molecule has 2 rings (SSSR count). The molecule has 0 radical (unpaired) electrons. The summed E-state index contributed by atoms with van der Waals surface area (Å²) in [6, 6.07) is 6.33. The zero-order valence-electron chi connectivity index (χ0n) is 8.55. The molecule has 1 aromatic carbocycles. The summed E-state index contributed by atoms with van der Waals surface area (Å²) >= 11 is 8.89. The highest BCUT2D eigenvalue weighted by Crippen LogP contribution is 2.16. The average Bonchev–Trinajstić information content (AvgIpc) is 2.31. The van der Waals surface area contributed by atoms with Gasteiger partial charge in [-0.25, -0.2) is 4.39 Å². The van der Waals surface area contributed by atoms with Crippen LogP contribution in [0.2, 0.25) is 5.02 Å². The third-order valence-electron chi connectivity index (χ3n) is 1.98. The molecule has 0 aliphatic rings. The Morgan fingerprint density at radius 1 is 1.12 bits per heavy atom. The van der Waals surface area contributed by atoms with Crippen molar-refractivity contribution in [3.05, 3.63) is 63.1 Å². The second kappa shape index (κ2) is 5.31. The molecule has 0 fully saturated rings. The molecule has 0 bridgehead atoms. The number of halogens is 3. The summed E-state index contributed by atoms with van der Waals surface area (Å²) in [6.07, 6.45) is 3.17. The highest BCUT2D eigenvalue weighted by atomic mass is 79.9. The maximum Gasteiger partial charge on any atom is 0.137 e. The van der Waals surface area contributed by atoms with Crippen molar-refractivity contribution in [3.8, 4) is 11.8 Å². The second-order valence-electron chi connectivity index (χ2n) is 3.27. The maximum atomic E-state index is 13.0. The molecule has 1 heterocycles. The van der Waals surface area contributed by atoms with E-state index >= 15 is 0 Å². The number of aromatic nitrogens is 1. The minimum atomic E-state index is -0.306. The molecule has 0 saturated heterocycles. The van der Waals surface area contributed by atoms with Gasteiger partial charge in [-0.2, -0.15) is 0 Å². The van der Waals surface area contributed by atoms with Crippen molar-refractivity contribution >= 4 is 27.5 Å². The van der Waals surface area contributed by atoms with Crippen LogP contribution in [0, 0.1) is 17.7 Å². The zero-order valence-corrected chi connectivity index (χ0v) is 10.9. The van der Waals surface area contributed by atoms with Crippen LogP contribution in [0.15, 0.2) is 41.1 Å². The van der Waals surface area contributed by atoms with E-state index in [-0.39, 0.29) is 5.82 Å². The Labute approximate surface area is 112 Å². The van der Waals surface area contributed by atoms with Gasteiger partial charge in [0.2, 0.25) is 0 Å². The first kappa shape index (κ1) is 12.1. The third kappa shape index (κ3) is 3.29. The van der Waals surface area contributed by atoms with E-state index in [4.69, 9.17) is 11.6 Å². The normalized spacial score (nSPS) is 9.59. The molecule has 0 aliphatic carbocycles. The topological polar surface area (TPSA) is 12.9 Å². The predicted molar refractivity (Wildman–Crippen MR) is 69.3 cm³/mol. The van der Waals surface area contributed by atoms with Crippen molar-refractivity contribution in [1.82, 2.24) is 4.98 Å². The molecule has 1 nitrogen and oxygen atoms in total. The van der Waals surface area contributed by atoms with Crippen LogP contribution in [0.25, 0.3) is 0 Å². The van der Waals surface area contributed by atoms with Crippen molar-refractivity contribution in [2.24, 2.45) is 0 Å². The summed E-state index contributed by atoms with van der Waals surface area (Å²) in [7, 11) is 0.